The lowest BCUT2D eigenvalue weighted by molar-refractivity contribution is 0.291. The highest BCUT2D eigenvalue weighted by Crippen LogP contribution is 2.38. The molecule has 2 saturated heterocycles. The quantitative estimate of drug-likeness (QED) is 0.920. The minimum Gasteiger partial charge on any atom is -0.353 e. The molecule has 1 aromatic rings. The van der Waals surface area contributed by atoms with Crippen LogP contribution in [0.25, 0.3) is 0 Å². The Morgan fingerprint density at radius 2 is 1.90 bits per heavy atom. The largest absolute Gasteiger partial charge is 0.353 e. The van der Waals surface area contributed by atoms with Crippen LogP contribution < -0.4 is 5.32 Å². The predicted octanol–water partition coefficient (Wildman–Crippen LogP) is 2.96. The van der Waals surface area contributed by atoms with Crippen molar-refractivity contribution in [3.8, 4) is 0 Å². The number of imidazole rings is 1. The fourth-order valence-electron chi connectivity index (χ4n) is 4.51. The zero-order valence-electron chi connectivity index (χ0n) is 12.5. The third-order valence-corrected chi connectivity index (χ3v) is 5.47. The molecule has 2 aliphatic heterocycles. The predicted molar refractivity (Wildman–Crippen MR) is 81.1 cm³/mol. The van der Waals surface area contributed by atoms with Crippen molar-refractivity contribution in [3.05, 3.63) is 11.9 Å². The Balaban J connectivity index is 1.57. The summed E-state index contributed by atoms with van der Waals surface area (Å²) in [6.07, 6.45) is 11.7. The first-order chi connectivity index (χ1) is 9.81. The van der Waals surface area contributed by atoms with E-state index in [1.165, 1.54) is 58.0 Å². The van der Waals surface area contributed by atoms with Crippen LogP contribution in [0.1, 0.15) is 56.7 Å². The molecule has 3 heterocycles. The molecular weight excluding hydrogens is 248 g/mol. The number of nitrogens with one attached hydrogen (secondary N) is 1. The van der Waals surface area contributed by atoms with Gasteiger partial charge in [0.1, 0.15) is 0 Å². The summed E-state index contributed by atoms with van der Waals surface area (Å²) in [6, 6.07) is 2.05. The van der Waals surface area contributed by atoms with Crippen LogP contribution in [0.15, 0.2) is 6.20 Å². The van der Waals surface area contributed by atoms with Crippen LogP contribution in [0.3, 0.4) is 0 Å². The van der Waals surface area contributed by atoms with Crippen molar-refractivity contribution in [1.82, 2.24) is 14.5 Å². The third kappa shape index (κ3) is 2.14. The Morgan fingerprint density at radius 3 is 2.75 bits per heavy atom. The van der Waals surface area contributed by atoms with Crippen LogP contribution in [-0.4, -0.2) is 39.6 Å². The zero-order chi connectivity index (χ0) is 13.5. The molecule has 20 heavy (non-hydrogen) atoms. The summed E-state index contributed by atoms with van der Waals surface area (Å²) in [7, 11) is 0. The Kier molecular flexibility index (Phi) is 3.21. The van der Waals surface area contributed by atoms with Gasteiger partial charge in [-0.15, -0.1) is 0 Å². The molecule has 1 aliphatic carbocycles. The fourth-order valence-corrected chi connectivity index (χ4v) is 4.51. The van der Waals surface area contributed by atoms with Gasteiger partial charge >= 0.3 is 0 Å². The number of rotatable bonds is 3. The van der Waals surface area contributed by atoms with Crippen LogP contribution >= 0.6 is 0 Å². The molecule has 0 spiro atoms. The van der Waals surface area contributed by atoms with E-state index in [0.29, 0.717) is 12.1 Å². The third-order valence-electron chi connectivity index (χ3n) is 5.47. The maximum atomic E-state index is 4.77. The molecule has 0 aromatic carbocycles. The summed E-state index contributed by atoms with van der Waals surface area (Å²) in [4.78, 5) is 7.45. The second-order valence-electron chi connectivity index (χ2n) is 6.84. The average Bonchev–Trinajstić information content (AvgIpc) is 3.14. The van der Waals surface area contributed by atoms with Crippen LogP contribution in [-0.2, 0) is 0 Å². The van der Waals surface area contributed by atoms with E-state index in [0.717, 1.165) is 17.7 Å². The van der Waals surface area contributed by atoms with Crippen molar-refractivity contribution in [3.63, 3.8) is 0 Å². The first-order valence-electron chi connectivity index (χ1n) is 8.37. The van der Waals surface area contributed by atoms with Crippen LogP contribution in [0.2, 0.25) is 0 Å². The Bertz CT molecular complexity index is 475. The normalized spacial score (nSPS) is 31.1. The molecule has 1 N–H and O–H groups in total. The van der Waals surface area contributed by atoms with Gasteiger partial charge in [-0.05, 0) is 45.6 Å². The lowest BCUT2D eigenvalue weighted by Gasteiger charge is -2.24. The highest BCUT2D eigenvalue weighted by atomic mass is 15.3. The number of hydrogen-bond donors (Lipinski definition) is 1. The van der Waals surface area contributed by atoms with Crippen molar-refractivity contribution in [2.75, 3.05) is 18.4 Å². The number of aromatic nitrogens is 2. The van der Waals surface area contributed by atoms with Gasteiger partial charge in [-0.3, -0.25) is 4.90 Å². The summed E-state index contributed by atoms with van der Waals surface area (Å²) >= 11 is 0. The summed E-state index contributed by atoms with van der Waals surface area (Å²) in [6.45, 7) is 4.70. The standard InChI is InChI=1S/C16H26N4/c1-12-11-20(15-8-10-19-9-4-7-14(15)19)16(17-12)18-13-5-2-3-6-13/h11,13-15H,2-10H2,1H3,(H,17,18). The molecule has 1 saturated carbocycles. The van der Waals surface area contributed by atoms with Gasteiger partial charge in [0.2, 0.25) is 5.95 Å². The summed E-state index contributed by atoms with van der Waals surface area (Å²) in [5, 5.41) is 3.72. The second-order valence-corrected chi connectivity index (χ2v) is 6.84. The van der Waals surface area contributed by atoms with Gasteiger partial charge in [0.15, 0.2) is 0 Å². The van der Waals surface area contributed by atoms with Crippen LogP contribution in [0.4, 0.5) is 5.95 Å². The number of nitrogens with zero attached hydrogens (tertiary/aromatic N) is 3. The van der Waals surface area contributed by atoms with Gasteiger partial charge in [0.25, 0.3) is 0 Å². The van der Waals surface area contributed by atoms with Crippen molar-refractivity contribution in [2.45, 2.75) is 70.0 Å². The molecule has 4 nitrogen and oxygen atoms in total. The molecular formula is C16H26N4. The Morgan fingerprint density at radius 1 is 1.05 bits per heavy atom. The number of anilines is 1. The van der Waals surface area contributed by atoms with Crippen molar-refractivity contribution >= 4 is 5.95 Å². The monoisotopic (exact) mass is 274 g/mol. The van der Waals surface area contributed by atoms with Gasteiger partial charge in [0.05, 0.1) is 11.7 Å². The molecule has 3 fully saturated rings. The number of aryl methyl sites for hydroxylation is 1. The molecule has 0 radical (unpaired) electrons. The van der Waals surface area contributed by atoms with E-state index in [1.54, 1.807) is 0 Å². The molecule has 110 valence electrons. The highest BCUT2D eigenvalue weighted by Gasteiger charge is 2.39. The molecule has 2 unspecified atom stereocenters. The smallest absolute Gasteiger partial charge is 0.203 e. The van der Waals surface area contributed by atoms with E-state index in [2.05, 4.69) is 27.9 Å². The number of fused-ring (bicyclic) bond motifs is 1. The first kappa shape index (κ1) is 12.7. The van der Waals surface area contributed by atoms with Crippen molar-refractivity contribution < 1.29 is 0 Å². The van der Waals surface area contributed by atoms with Gasteiger partial charge < -0.3 is 9.88 Å². The topological polar surface area (TPSA) is 33.1 Å². The fraction of sp³-hybridized carbons (Fsp3) is 0.812. The maximum Gasteiger partial charge on any atom is 0.203 e. The van der Waals surface area contributed by atoms with E-state index in [9.17, 15) is 0 Å². The minimum absolute atomic E-state index is 0.641. The van der Waals surface area contributed by atoms with Gasteiger partial charge in [-0.25, -0.2) is 4.98 Å². The molecule has 2 atom stereocenters. The van der Waals surface area contributed by atoms with Gasteiger partial charge in [-0.2, -0.15) is 0 Å². The van der Waals surface area contributed by atoms with E-state index in [-0.39, 0.29) is 0 Å². The Labute approximate surface area is 121 Å². The Hall–Kier alpha value is -1.03. The molecule has 3 aliphatic rings. The molecule has 1 aromatic heterocycles. The molecule has 4 heteroatoms. The first-order valence-corrected chi connectivity index (χ1v) is 8.37. The summed E-state index contributed by atoms with van der Waals surface area (Å²) < 4.78 is 2.46. The summed E-state index contributed by atoms with van der Waals surface area (Å²) in [5.41, 5.74) is 1.15. The molecule has 0 amide bonds. The van der Waals surface area contributed by atoms with Gasteiger partial charge in [0, 0.05) is 24.8 Å². The van der Waals surface area contributed by atoms with Gasteiger partial charge in [-0.1, -0.05) is 12.8 Å². The maximum absolute atomic E-state index is 4.77. The lowest BCUT2D eigenvalue weighted by atomic mass is 10.1. The average molecular weight is 274 g/mol. The van der Waals surface area contributed by atoms with E-state index < -0.39 is 0 Å². The SMILES string of the molecule is Cc1cn(C2CCN3CCCC23)c(NC2CCCC2)n1. The minimum atomic E-state index is 0.641. The second kappa shape index (κ2) is 5.06. The van der Waals surface area contributed by atoms with E-state index >= 15 is 0 Å². The van der Waals surface area contributed by atoms with E-state index in [4.69, 9.17) is 4.98 Å². The van der Waals surface area contributed by atoms with Crippen molar-refractivity contribution in [1.29, 1.82) is 0 Å². The van der Waals surface area contributed by atoms with Crippen molar-refractivity contribution in [2.24, 2.45) is 0 Å². The van der Waals surface area contributed by atoms with Crippen LogP contribution in [0, 0.1) is 6.92 Å². The van der Waals surface area contributed by atoms with Crippen LogP contribution in [0.5, 0.6) is 0 Å². The zero-order valence-corrected chi connectivity index (χ0v) is 12.5. The lowest BCUT2D eigenvalue weighted by Crippen LogP contribution is -2.28. The number of hydrogen-bond acceptors (Lipinski definition) is 3. The summed E-state index contributed by atoms with van der Waals surface area (Å²) in [5.74, 6) is 1.13. The van der Waals surface area contributed by atoms with E-state index in [1.807, 2.05) is 0 Å². The highest BCUT2D eigenvalue weighted by molar-refractivity contribution is 5.32. The molecule has 0 bridgehead atoms. The molecule has 4 rings (SSSR count).